The van der Waals surface area contributed by atoms with E-state index in [-0.39, 0.29) is 34.8 Å². The van der Waals surface area contributed by atoms with Crippen LogP contribution in [0.2, 0.25) is 10.0 Å². The molecule has 0 radical (unpaired) electrons. The SMILES string of the molecule is O=C(NCCc1nc2ccccc2[nH]1)C1CCN(S(=O)(=O)c2cc(Cl)ccc2Cl)CC1. The summed E-state index contributed by atoms with van der Waals surface area (Å²) >= 11 is 12.0. The Balaban J connectivity index is 1.30. The summed E-state index contributed by atoms with van der Waals surface area (Å²) in [5.41, 5.74) is 1.87. The van der Waals surface area contributed by atoms with Crippen LogP contribution in [0.25, 0.3) is 11.0 Å². The van der Waals surface area contributed by atoms with Crippen LogP contribution < -0.4 is 5.32 Å². The maximum absolute atomic E-state index is 12.9. The van der Waals surface area contributed by atoms with Crippen LogP contribution in [-0.2, 0) is 21.2 Å². The lowest BCUT2D eigenvalue weighted by atomic mass is 9.97. The molecule has 164 valence electrons. The molecule has 0 unspecified atom stereocenters. The summed E-state index contributed by atoms with van der Waals surface area (Å²) in [5, 5.41) is 3.38. The number of aromatic nitrogens is 2. The zero-order valence-electron chi connectivity index (χ0n) is 16.6. The fourth-order valence-corrected chi connectivity index (χ4v) is 5.95. The van der Waals surface area contributed by atoms with E-state index in [1.165, 1.54) is 16.4 Å². The molecule has 0 aliphatic carbocycles. The highest BCUT2D eigenvalue weighted by Crippen LogP contribution is 2.30. The van der Waals surface area contributed by atoms with Crippen LogP contribution in [0, 0.1) is 5.92 Å². The van der Waals surface area contributed by atoms with Crippen molar-refractivity contribution >= 4 is 50.2 Å². The second-order valence-electron chi connectivity index (χ2n) is 7.49. The van der Waals surface area contributed by atoms with E-state index in [0.29, 0.717) is 30.8 Å². The molecule has 31 heavy (non-hydrogen) atoms. The summed E-state index contributed by atoms with van der Waals surface area (Å²) < 4.78 is 27.2. The summed E-state index contributed by atoms with van der Waals surface area (Å²) in [7, 11) is -3.76. The van der Waals surface area contributed by atoms with Gasteiger partial charge in [0.25, 0.3) is 0 Å². The van der Waals surface area contributed by atoms with E-state index < -0.39 is 10.0 Å². The molecule has 1 amide bonds. The van der Waals surface area contributed by atoms with Gasteiger partial charge in [-0.2, -0.15) is 4.31 Å². The van der Waals surface area contributed by atoms with Crippen molar-refractivity contribution in [3.63, 3.8) is 0 Å². The number of carbonyl (C=O) groups is 1. The van der Waals surface area contributed by atoms with Gasteiger partial charge in [0.2, 0.25) is 15.9 Å². The molecule has 1 aromatic heterocycles. The van der Waals surface area contributed by atoms with Crippen molar-refractivity contribution in [3.05, 3.63) is 58.3 Å². The van der Waals surface area contributed by atoms with Crippen molar-refractivity contribution < 1.29 is 13.2 Å². The number of nitrogens with one attached hydrogen (secondary N) is 2. The van der Waals surface area contributed by atoms with Crippen molar-refractivity contribution in [2.75, 3.05) is 19.6 Å². The molecule has 2 N–H and O–H groups in total. The van der Waals surface area contributed by atoms with Gasteiger partial charge >= 0.3 is 0 Å². The Morgan fingerprint density at radius 2 is 1.90 bits per heavy atom. The van der Waals surface area contributed by atoms with Crippen LogP contribution >= 0.6 is 23.2 Å². The van der Waals surface area contributed by atoms with Gasteiger partial charge in [-0.05, 0) is 43.2 Å². The van der Waals surface area contributed by atoms with E-state index >= 15 is 0 Å². The van der Waals surface area contributed by atoms with E-state index in [1.807, 2.05) is 24.3 Å². The highest BCUT2D eigenvalue weighted by Gasteiger charge is 2.33. The van der Waals surface area contributed by atoms with Crippen LogP contribution in [0.1, 0.15) is 18.7 Å². The van der Waals surface area contributed by atoms with Gasteiger partial charge in [-0.1, -0.05) is 35.3 Å². The molecule has 4 rings (SSSR count). The standard InChI is InChI=1S/C21H22Cl2N4O3S/c22-15-5-6-16(23)19(13-15)31(29,30)27-11-8-14(9-12-27)21(28)24-10-7-20-25-17-3-1-2-4-18(17)26-20/h1-6,13-14H,7-12H2,(H,24,28)(H,25,26). The molecule has 2 aromatic carbocycles. The van der Waals surface area contributed by atoms with Gasteiger partial charge in [-0.15, -0.1) is 0 Å². The number of benzene rings is 2. The number of sulfonamides is 1. The quantitative estimate of drug-likeness (QED) is 0.562. The van der Waals surface area contributed by atoms with Crippen LogP contribution in [-0.4, -0.2) is 48.2 Å². The largest absolute Gasteiger partial charge is 0.355 e. The molecule has 2 heterocycles. The number of para-hydroxylation sites is 2. The van der Waals surface area contributed by atoms with Gasteiger partial charge < -0.3 is 10.3 Å². The lowest BCUT2D eigenvalue weighted by Crippen LogP contribution is -2.43. The number of piperidine rings is 1. The maximum atomic E-state index is 12.9. The molecule has 1 saturated heterocycles. The molecule has 1 aliphatic rings. The number of imidazole rings is 1. The second kappa shape index (κ2) is 9.16. The Bertz CT molecular complexity index is 1170. The molecule has 3 aromatic rings. The van der Waals surface area contributed by atoms with Gasteiger partial charge in [-0.25, -0.2) is 13.4 Å². The van der Waals surface area contributed by atoms with Crippen LogP contribution in [0.4, 0.5) is 0 Å². The number of hydrogen-bond acceptors (Lipinski definition) is 4. The number of halogens is 2. The first-order valence-corrected chi connectivity index (χ1v) is 12.2. The number of amides is 1. The molecule has 7 nitrogen and oxygen atoms in total. The zero-order chi connectivity index (χ0) is 22.0. The lowest BCUT2D eigenvalue weighted by molar-refractivity contribution is -0.126. The third-order valence-electron chi connectivity index (χ3n) is 5.44. The summed E-state index contributed by atoms with van der Waals surface area (Å²) in [6.45, 7) is 0.981. The van der Waals surface area contributed by atoms with Crippen molar-refractivity contribution in [1.29, 1.82) is 0 Å². The number of nitrogens with zero attached hydrogens (tertiary/aromatic N) is 2. The van der Waals surface area contributed by atoms with Gasteiger partial charge in [0.1, 0.15) is 10.7 Å². The summed E-state index contributed by atoms with van der Waals surface area (Å²) in [4.78, 5) is 20.3. The molecule has 0 bridgehead atoms. The van der Waals surface area contributed by atoms with E-state index in [2.05, 4.69) is 15.3 Å². The van der Waals surface area contributed by atoms with Crippen LogP contribution in [0.15, 0.2) is 47.4 Å². The molecule has 0 spiro atoms. The first-order valence-electron chi connectivity index (χ1n) is 10.0. The second-order valence-corrected chi connectivity index (χ2v) is 10.2. The predicted octanol–water partition coefficient (Wildman–Crippen LogP) is 3.63. The summed E-state index contributed by atoms with van der Waals surface area (Å²) in [6.07, 6.45) is 1.50. The van der Waals surface area contributed by atoms with Gasteiger partial charge in [0.15, 0.2) is 0 Å². The highest BCUT2D eigenvalue weighted by molar-refractivity contribution is 7.89. The minimum absolute atomic E-state index is 0.00426. The van der Waals surface area contributed by atoms with Crippen molar-refractivity contribution in [3.8, 4) is 0 Å². The van der Waals surface area contributed by atoms with E-state index in [4.69, 9.17) is 23.2 Å². The highest BCUT2D eigenvalue weighted by atomic mass is 35.5. The minimum Gasteiger partial charge on any atom is -0.355 e. The van der Waals surface area contributed by atoms with E-state index in [0.717, 1.165) is 16.9 Å². The van der Waals surface area contributed by atoms with Gasteiger partial charge in [-0.3, -0.25) is 4.79 Å². The normalized spacial score (nSPS) is 15.9. The van der Waals surface area contributed by atoms with E-state index in [1.54, 1.807) is 6.07 Å². The van der Waals surface area contributed by atoms with Crippen LogP contribution in [0.3, 0.4) is 0 Å². The third-order valence-corrected chi connectivity index (χ3v) is 8.05. The molecule has 0 saturated carbocycles. The fourth-order valence-electron chi connectivity index (χ4n) is 3.74. The Morgan fingerprint density at radius 1 is 1.16 bits per heavy atom. The Hall–Kier alpha value is -2.13. The molecular formula is C21H22Cl2N4O3S. The molecule has 1 fully saturated rings. The smallest absolute Gasteiger partial charge is 0.244 e. The number of fused-ring (bicyclic) bond motifs is 1. The molecule has 1 aliphatic heterocycles. The van der Waals surface area contributed by atoms with Gasteiger partial charge in [0, 0.05) is 37.0 Å². The van der Waals surface area contributed by atoms with Crippen LogP contribution in [0.5, 0.6) is 0 Å². The van der Waals surface area contributed by atoms with Crippen molar-refractivity contribution in [2.45, 2.75) is 24.2 Å². The average Bonchev–Trinajstić information content (AvgIpc) is 3.18. The Kier molecular flexibility index (Phi) is 6.52. The zero-order valence-corrected chi connectivity index (χ0v) is 19.0. The minimum atomic E-state index is -3.76. The Labute approximate surface area is 190 Å². The number of rotatable bonds is 6. The van der Waals surface area contributed by atoms with Crippen molar-refractivity contribution in [2.24, 2.45) is 5.92 Å². The maximum Gasteiger partial charge on any atom is 0.244 e. The lowest BCUT2D eigenvalue weighted by Gasteiger charge is -2.30. The Morgan fingerprint density at radius 3 is 2.65 bits per heavy atom. The monoisotopic (exact) mass is 480 g/mol. The average molecular weight is 481 g/mol. The predicted molar refractivity (Wildman–Crippen MR) is 121 cm³/mol. The fraction of sp³-hybridized carbons (Fsp3) is 0.333. The van der Waals surface area contributed by atoms with Crippen molar-refractivity contribution in [1.82, 2.24) is 19.6 Å². The molecule has 0 atom stereocenters. The third kappa shape index (κ3) is 4.87. The number of hydrogen-bond donors (Lipinski definition) is 2. The molecule has 10 heteroatoms. The first-order chi connectivity index (χ1) is 14.8. The topological polar surface area (TPSA) is 95.2 Å². The summed E-state index contributed by atoms with van der Waals surface area (Å²) in [6, 6.07) is 12.1. The van der Waals surface area contributed by atoms with Gasteiger partial charge in [0.05, 0.1) is 16.1 Å². The number of H-pyrrole nitrogens is 1. The first kappa shape index (κ1) is 22.1. The number of aromatic amines is 1. The number of carbonyl (C=O) groups excluding carboxylic acids is 1. The summed E-state index contributed by atoms with van der Waals surface area (Å²) in [5.74, 6) is 0.534. The molecular weight excluding hydrogens is 459 g/mol. The van der Waals surface area contributed by atoms with E-state index in [9.17, 15) is 13.2 Å².